The predicted molar refractivity (Wildman–Crippen MR) is 81.5 cm³/mol. The van der Waals surface area contributed by atoms with Gasteiger partial charge in [-0.3, -0.25) is 9.69 Å². The van der Waals surface area contributed by atoms with Gasteiger partial charge in [-0.25, -0.2) is 4.79 Å². The Kier molecular flexibility index (Phi) is 5.51. The summed E-state index contributed by atoms with van der Waals surface area (Å²) in [6.07, 6.45) is 0.787. The second-order valence-corrected chi connectivity index (χ2v) is 5.73. The Labute approximate surface area is 129 Å². The van der Waals surface area contributed by atoms with Gasteiger partial charge >= 0.3 is 5.97 Å². The molecule has 1 aromatic rings. The third-order valence-corrected chi connectivity index (χ3v) is 3.96. The molecular weight excluding hydrogens is 284 g/mol. The Balaban J connectivity index is 1.93. The Bertz CT molecular complexity index is 529. The van der Waals surface area contributed by atoms with E-state index in [4.69, 9.17) is 5.11 Å². The maximum absolute atomic E-state index is 11.1. The lowest BCUT2D eigenvalue weighted by Gasteiger charge is -2.20. The van der Waals surface area contributed by atoms with Crippen LogP contribution in [0.25, 0.3) is 0 Å². The molecule has 120 valence electrons. The first-order valence-corrected chi connectivity index (χ1v) is 7.45. The van der Waals surface area contributed by atoms with Gasteiger partial charge in [0.2, 0.25) is 5.91 Å². The summed E-state index contributed by atoms with van der Waals surface area (Å²) in [5.74, 6) is -1.05. The SMILES string of the molecule is CC(=O)N[C@H]1CCN(Cc2ccc(C(=O)O)cc2)CC[C@@H]1O. The summed E-state index contributed by atoms with van der Waals surface area (Å²) in [7, 11) is 0. The van der Waals surface area contributed by atoms with E-state index in [2.05, 4.69) is 10.2 Å². The second-order valence-electron chi connectivity index (χ2n) is 5.73. The van der Waals surface area contributed by atoms with Crippen LogP contribution in [0, 0.1) is 0 Å². The number of aliphatic hydroxyl groups excluding tert-OH is 1. The van der Waals surface area contributed by atoms with Crippen molar-refractivity contribution in [2.24, 2.45) is 0 Å². The summed E-state index contributed by atoms with van der Waals surface area (Å²) in [6.45, 7) is 3.69. The lowest BCUT2D eigenvalue weighted by atomic mass is 10.1. The smallest absolute Gasteiger partial charge is 0.335 e. The number of carbonyl (C=O) groups excluding carboxylic acids is 1. The van der Waals surface area contributed by atoms with Crippen LogP contribution < -0.4 is 5.32 Å². The molecular formula is C16H22N2O4. The first-order chi connectivity index (χ1) is 10.5. The summed E-state index contributed by atoms with van der Waals surface area (Å²) in [5.41, 5.74) is 1.32. The molecule has 0 bridgehead atoms. The average molecular weight is 306 g/mol. The van der Waals surface area contributed by atoms with E-state index in [0.29, 0.717) is 19.4 Å². The summed E-state index contributed by atoms with van der Waals surface area (Å²) in [4.78, 5) is 24.2. The predicted octanol–water partition coefficient (Wildman–Crippen LogP) is 0.846. The van der Waals surface area contributed by atoms with Crippen molar-refractivity contribution in [2.45, 2.75) is 38.5 Å². The number of carboxylic acids is 1. The van der Waals surface area contributed by atoms with Crippen molar-refractivity contribution in [3.63, 3.8) is 0 Å². The van der Waals surface area contributed by atoms with E-state index in [0.717, 1.165) is 18.7 Å². The summed E-state index contributed by atoms with van der Waals surface area (Å²) >= 11 is 0. The third-order valence-electron chi connectivity index (χ3n) is 3.96. The van der Waals surface area contributed by atoms with Crippen molar-refractivity contribution in [2.75, 3.05) is 13.1 Å². The van der Waals surface area contributed by atoms with Gasteiger partial charge < -0.3 is 15.5 Å². The molecule has 1 fully saturated rings. The highest BCUT2D eigenvalue weighted by atomic mass is 16.4. The highest BCUT2D eigenvalue weighted by Gasteiger charge is 2.25. The quantitative estimate of drug-likeness (QED) is 0.767. The number of nitrogens with one attached hydrogen (secondary N) is 1. The van der Waals surface area contributed by atoms with Gasteiger partial charge in [-0.1, -0.05) is 12.1 Å². The van der Waals surface area contributed by atoms with Crippen molar-refractivity contribution in [1.82, 2.24) is 10.2 Å². The van der Waals surface area contributed by atoms with Crippen LogP contribution in [0.15, 0.2) is 24.3 Å². The van der Waals surface area contributed by atoms with Crippen LogP contribution in [-0.2, 0) is 11.3 Å². The first kappa shape index (κ1) is 16.5. The number of amides is 1. The van der Waals surface area contributed by atoms with Gasteiger partial charge in [0.15, 0.2) is 0 Å². The number of hydrogen-bond donors (Lipinski definition) is 3. The van der Waals surface area contributed by atoms with Crippen LogP contribution in [0.2, 0.25) is 0 Å². The number of carboxylic acid groups (broad SMARTS) is 1. The van der Waals surface area contributed by atoms with Crippen molar-refractivity contribution < 1.29 is 19.8 Å². The van der Waals surface area contributed by atoms with Crippen LogP contribution >= 0.6 is 0 Å². The van der Waals surface area contributed by atoms with Crippen molar-refractivity contribution in [1.29, 1.82) is 0 Å². The monoisotopic (exact) mass is 306 g/mol. The zero-order valence-corrected chi connectivity index (χ0v) is 12.7. The highest BCUT2D eigenvalue weighted by molar-refractivity contribution is 5.87. The Morgan fingerprint density at radius 1 is 1.23 bits per heavy atom. The Morgan fingerprint density at radius 2 is 1.86 bits per heavy atom. The number of benzene rings is 1. The fourth-order valence-corrected chi connectivity index (χ4v) is 2.74. The van der Waals surface area contributed by atoms with E-state index in [9.17, 15) is 14.7 Å². The third kappa shape index (κ3) is 4.54. The molecule has 0 aromatic heterocycles. The molecule has 0 spiro atoms. The van der Waals surface area contributed by atoms with Gasteiger partial charge in [0, 0.05) is 26.6 Å². The summed E-state index contributed by atoms with van der Waals surface area (Å²) < 4.78 is 0. The maximum Gasteiger partial charge on any atom is 0.335 e. The van der Waals surface area contributed by atoms with E-state index < -0.39 is 12.1 Å². The zero-order valence-electron chi connectivity index (χ0n) is 12.7. The van der Waals surface area contributed by atoms with Gasteiger partial charge in [0.25, 0.3) is 0 Å². The molecule has 6 heteroatoms. The molecule has 0 saturated carbocycles. The van der Waals surface area contributed by atoms with E-state index in [1.807, 2.05) is 12.1 Å². The van der Waals surface area contributed by atoms with Gasteiger partial charge in [0.1, 0.15) is 0 Å². The molecule has 0 radical (unpaired) electrons. The standard InChI is InChI=1S/C16H22N2O4/c1-11(19)17-14-6-8-18(9-7-15(14)20)10-12-2-4-13(5-3-12)16(21)22/h2-5,14-15,20H,6-10H2,1H3,(H,17,19)(H,21,22)/t14-,15-/m0/s1. The fourth-order valence-electron chi connectivity index (χ4n) is 2.74. The Hall–Kier alpha value is -1.92. The highest BCUT2D eigenvalue weighted by Crippen LogP contribution is 2.15. The topological polar surface area (TPSA) is 89.9 Å². The molecule has 1 saturated heterocycles. The molecule has 2 rings (SSSR count). The van der Waals surface area contributed by atoms with Crippen LogP contribution in [0.4, 0.5) is 0 Å². The van der Waals surface area contributed by atoms with Crippen LogP contribution in [0.3, 0.4) is 0 Å². The molecule has 1 aliphatic heterocycles. The van der Waals surface area contributed by atoms with Gasteiger partial charge in [-0.15, -0.1) is 0 Å². The molecule has 1 heterocycles. The normalized spacial score (nSPS) is 22.8. The number of rotatable bonds is 4. The molecule has 0 aliphatic carbocycles. The Morgan fingerprint density at radius 3 is 2.45 bits per heavy atom. The van der Waals surface area contributed by atoms with Crippen LogP contribution in [-0.4, -0.2) is 52.2 Å². The molecule has 1 aliphatic rings. The number of aliphatic hydroxyl groups is 1. The van der Waals surface area contributed by atoms with Crippen LogP contribution in [0.5, 0.6) is 0 Å². The molecule has 2 atom stereocenters. The van der Waals surface area contributed by atoms with Gasteiger partial charge in [0.05, 0.1) is 17.7 Å². The second kappa shape index (κ2) is 7.38. The summed E-state index contributed by atoms with van der Waals surface area (Å²) in [6, 6.07) is 6.64. The number of carbonyl (C=O) groups is 2. The first-order valence-electron chi connectivity index (χ1n) is 7.45. The number of likely N-dealkylation sites (tertiary alicyclic amines) is 1. The molecule has 6 nitrogen and oxygen atoms in total. The number of hydrogen-bond acceptors (Lipinski definition) is 4. The van der Waals surface area contributed by atoms with Crippen molar-refractivity contribution in [3.8, 4) is 0 Å². The molecule has 0 unspecified atom stereocenters. The van der Waals surface area contributed by atoms with Crippen molar-refractivity contribution >= 4 is 11.9 Å². The maximum atomic E-state index is 11.1. The summed E-state index contributed by atoms with van der Waals surface area (Å²) in [5, 5.41) is 21.8. The minimum atomic E-state index is -0.928. The zero-order chi connectivity index (χ0) is 16.1. The van der Waals surface area contributed by atoms with E-state index in [1.54, 1.807) is 12.1 Å². The number of aromatic carboxylic acids is 1. The van der Waals surface area contributed by atoms with Crippen LogP contribution in [0.1, 0.15) is 35.7 Å². The lowest BCUT2D eigenvalue weighted by molar-refractivity contribution is -0.120. The average Bonchev–Trinajstić information content (AvgIpc) is 2.63. The van der Waals surface area contributed by atoms with E-state index in [1.165, 1.54) is 6.92 Å². The van der Waals surface area contributed by atoms with Gasteiger partial charge in [-0.2, -0.15) is 0 Å². The molecule has 3 N–H and O–H groups in total. The molecule has 1 aromatic carbocycles. The van der Waals surface area contributed by atoms with E-state index in [-0.39, 0.29) is 17.5 Å². The van der Waals surface area contributed by atoms with Gasteiger partial charge in [-0.05, 0) is 30.5 Å². The van der Waals surface area contributed by atoms with E-state index >= 15 is 0 Å². The number of nitrogens with zero attached hydrogens (tertiary/aromatic N) is 1. The lowest BCUT2D eigenvalue weighted by Crippen LogP contribution is -2.42. The fraction of sp³-hybridized carbons (Fsp3) is 0.500. The molecule has 1 amide bonds. The molecule has 22 heavy (non-hydrogen) atoms. The van der Waals surface area contributed by atoms with Crippen molar-refractivity contribution in [3.05, 3.63) is 35.4 Å². The minimum Gasteiger partial charge on any atom is -0.478 e. The minimum absolute atomic E-state index is 0.123. The largest absolute Gasteiger partial charge is 0.478 e.